The predicted octanol–water partition coefficient (Wildman–Crippen LogP) is 2.99. The minimum Gasteiger partial charge on any atom is -0.512 e. The second-order valence-corrected chi connectivity index (χ2v) is 7.42. The van der Waals surface area contributed by atoms with Crippen LogP contribution in [-0.2, 0) is 4.79 Å². The number of amides is 1. The van der Waals surface area contributed by atoms with Crippen molar-refractivity contribution in [2.45, 2.75) is 46.6 Å². The lowest BCUT2D eigenvalue weighted by Gasteiger charge is -2.25. The molecule has 0 unspecified atom stereocenters. The second-order valence-electron chi connectivity index (χ2n) is 7.42. The van der Waals surface area contributed by atoms with E-state index in [-0.39, 0.29) is 17.7 Å². The Balaban J connectivity index is 2.12. The lowest BCUT2D eigenvalue weighted by atomic mass is 9.93. The zero-order chi connectivity index (χ0) is 18.6. The van der Waals surface area contributed by atoms with Crippen LogP contribution in [0, 0.1) is 12.3 Å². The normalized spacial score (nSPS) is 19.2. The SMILES string of the molecule is C/N=C(\C=C(/O)C(C)(C)C)NC(=O)[C@@H]1CCCN1c1ccc(C)cn1. The number of hydrogen-bond donors (Lipinski definition) is 2. The van der Waals surface area contributed by atoms with Crippen LogP contribution in [-0.4, -0.2) is 41.5 Å². The summed E-state index contributed by atoms with van der Waals surface area (Å²) >= 11 is 0. The van der Waals surface area contributed by atoms with Crippen LogP contribution in [0.1, 0.15) is 39.2 Å². The number of rotatable bonds is 3. The van der Waals surface area contributed by atoms with Gasteiger partial charge in [-0.15, -0.1) is 0 Å². The summed E-state index contributed by atoms with van der Waals surface area (Å²) < 4.78 is 0. The highest BCUT2D eigenvalue weighted by molar-refractivity contribution is 6.06. The molecule has 1 amide bonds. The minimum absolute atomic E-state index is 0.126. The molecular formula is C19H28N4O2. The van der Waals surface area contributed by atoms with Crippen LogP contribution in [0.5, 0.6) is 0 Å². The van der Waals surface area contributed by atoms with Gasteiger partial charge in [-0.2, -0.15) is 0 Å². The van der Waals surface area contributed by atoms with Gasteiger partial charge in [0.15, 0.2) is 0 Å². The van der Waals surface area contributed by atoms with Crippen molar-refractivity contribution in [3.8, 4) is 0 Å². The van der Waals surface area contributed by atoms with Gasteiger partial charge in [0.1, 0.15) is 23.5 Å². The summed E-state index contributed by atoms with van der Waals surface area (Å²) in [6.07, 6.45) is 5.04. The van der Waals surface area contributed by atoms with E-state index in [0.717, 1.165) is 30.8 Å². The Hall–Kier alpha value is -2.37. The van der Waals surface area contributed by atoms with Gasteiger partial charge in [0.25, 0.3) is 0 Å². The molecule has 1 aliphatic rings. The molecule has 0 aromatic carbocycles. The highest BCUT2D eigenvalue weighted by Crippen LogP contribution is 2.24. The van der Waals surface area contributed by atoms with E-state index in [0.29, 0.717) is 5.84 Å². The molecule has 1 aromatic heterocycles. The quantitative estimate of drug-likeness (QED) is 0.502. The number of allylic oxidation sites excluding steroid dienone is 1. The number of nitrogens with one attached hydrogen (secondary N) is 1. The van der Waals surface area contributed by atoms with Gasteiger partial charge in [0.2, 0.25) is 5.91 Å². The number of amidine groups is 1. The zero-order valence-corrected chi connectivity index (χ0v) is 15.7. The first-order chi connectivity index (χ1) is 11.7. The van der Waals surface area contributed by atoms with Gasteiger partial charge in [-0.05, 0) is 31.4 Å². The van der Waals surface area contributed by atoms with Crippen LogP contribution >= 0.6 is 0 Å². The number of anilines is 1. The smallest absolute Gasteiger partial charge is 0.248 e. The van der Waals surface area contributed by atoms with Gasteiger partial charge in [-0.3, -0.25) is 9.79 Å². The molecular weight excluding hydrogens is 316 g/mol. The Morgan fingerprint density at radius 2 is 2.16 bits per heavy atom. The fraction of sp³-hybridized carbons (Fsp3) is 0.526. The van der Waals surface area contributed by atoms with E-state index in [2.05, 4.69) is 15.3 Å². The van der Waals surface area contributed by atoms with E-state index in [1.54, 1.807) is 7.05 Å². The molecule has 1 aliphatic heterocycles. The molecule has 25 heavy (non-hydrogen) atoms. The summed E-state index contributed by atoms with van der Waals surface area (Å²) in [5.74, 6) is 1.22. The third-order valence-electron chi connectivity index (χ3n) is 4.28. The molecule has 2 rings (SSSR count). The summed E-state index contributed by atoms with van der Waals surface area (Å²) in [6.45, 7) is 8.49. The first kappa shape index (κ1) is 19.0. The lowest BCUT2D eigenvalue weighted by molar-refractivity contribution is -0.120. The maximum absolute atomic E-state index is 12.7. The van der Waals surface area contributed by atoms with E-state index in [1.165, 1.54) is 6.08 Å². The summed E-state index contributed by atoms with van der Waals surface area (Å²) in [5.41, 5.74) is 0.693. The Morgan fingerprint density at radius 3 is 2.72 bits per heavy atom. The van der Waals surface area contributed by atoms with Crippen molar-refractivity contribution in [3.05, 3.63) is 35.7 Å². The molecule has 1 fully saturated rings. The Labute approximate surface area is 149 Å². The number of nitrogens with zero attached hydrogens (tertiary/aromatic N) is 3. The number of carbonyl (C=O) groups is 1. The molecule has 6 nitrogen and oxygen atoms in total. The van der Waals surface area contributed by atoms with E-state index in [9.17, 15) is 9.90 Å². The Bertz CT molecular complexity index is 672. The largest absolute Gasteiger partial charge is 0.512 e. The van der Waals surface area contributed by atoms with Crippen molar-refractivity contribution in [2.75, 3.05) is 18.5 Å². The Morgan fingerprint density at radius 1 is 1.44 bits per heavy atom. The highest BCUT2D eigenvalue weighted by atomic mass is 16.3. The van der Waals surface area contributed by atoms with E-state index < -0.39 is 5.41 Å². The first-order valence-corrected chi connectivity index (χ1v) is 8.60. The number of aryl methyl sites for hydroxylation is 1. The van der Waals surface area contributed by atoms with E-state index >= 15 is 0 Å². The summed E-state index contributed by atoms with van der Waals surface area (Å²) in [5, 5.41) is 13.0. The highest BCUT2D eigenvalue weighted by Gasteiger charge is 2.32. The molecule has 136 valence electrons. The third-order valence-corrected chi connectivity index (χ3v) is 4.28. The summed E-state index contributed by atoms with van der Waals surface area (Å²) in [7, 11) is 1.59. The van der Waals surface area contributed by atoms with Crippen LogP contribution in [0.15, 0.2) is 35.2 Å². The lowest BCUT2D eigenvalue weighted by Crippen LogP contribution is -2.45. The van der Waals surface area contributed by atoms with Crippen LogP contribution in [0.2, 0.25) is 0 Å². The van der Waals surface area contributed by atoms with E-state index in [4.69, 9.17) is 0 Å². The van der Waals surface area contributed by atoms with Crippen molar-refractivity contribution in [2.24, 2.45) is 10.4 Å². The molecule has 2 N–H and O–H groups in total. The number of aliphatic hydroxyl groups is 1. The van der Waals surface area contributed by atoms with Gasteiger partial charge >= 0.3 is 0 Å². The van der Waals surface area contributed by atoms with Gasteiger partial charge in [0.05, 0.1) is 0 Å². The summed E-state index contributed by atoms with van der Waals surface area (Å²) in [6, 6.07) is 3.66. The molecule has 0 radical (unpaired) electrons. The van der Waals surface area contributed by atoms with Crippen LogP contribution in [0.25, 0.3) is 0 Å². The zero-order valence-electron chi connectivity index (χ0n) is 15.7. The Kier molecular flexibility index (Phi) is 5.82. The summed E-state index contributed by atoms with van der Waals surface area (Å²) in [4.78, 5) is 23.3. The van der Waals surface area contributed by atoms with Crippen molar-refractivity contribution >= 4 is 17.6 Å². The maximum atomic E-state index is 12.7. The number of aromatic nitrogens is 1. The van der Waals surface area contributed by atoms with E-state index in [1.807, 2.05) is 50.9 Å². The average Bonchev–Trinajstić information content (AvgIpc) is 3.03. The molecule has 2 heterocycles. The number of pyridine rings is 1. The van der Waals surface area contributed by atoms with Crippen molar-refractivity contribution < 1.29 is 9.90 Å². The average molecular weight is 344 g/mol. The van der Waals surface area contributed by atoms with Crippen LogP contribution in [0.3, 0.4) is 0 Å². The number of aliphatic hydroxyl groups excluding tert-OH is 1. The predicted molar refractivity (Wildman–Crippen MR) is 101 cm³/mol. The topological polar surface area (TPSA) is 77.8 Å². The molecule has 1 aromatic rings. The van der Waals surface area contributed by atoms with Crippen molar-refractivity contribution in [1.29, 1.82) is 0 Å². The minimum atomic E-state index is -0.397. The molecule has 0 saturated carbocycles. The molecule has 1 atom stereocenters. The van der Waals surface area contributed by atoms with Gasteiger partial charge < -0.3 is 15.3 Å². The molecule has 6 heteroatoms. The van der Waals surface area contributed by atoms with Crippen LogP contribution in [0.4, 0.5) is 5.82 Å². The molecule has 0 spiro atoms. The van der Waals surface area contributed by atoms with Crippen molar-refractivity contribution in [3.63, 3.8) is 0 Å². The standard InChI is InChI=1S/C19H28N4O2/c1-13-8-9-17(21-12-13)23-10-6-7-14(23)18(25)22-16(20-5)11-15(24)19(2,3)4/h8-9,11-12,14,24H,6-7,10H2,1-5H3,(H,20,22,25)/b15-11-/t14-/m0/s1. The third kappa shape index (κ3) is 4.81. The maximum Gasteiger partial charge on any atom is 0.248 e. The first-order valence-electron chi connectivity index (χ1n) is 8.60. The van der Waals surface area contributed by atoms with Crippen molar-refractivity contribution in [1.82, 2.24) is 10.3 Å². The number of aliphatic imine (C=N–C) groups is 1. The van der Waals surface area contributed by atoms with Gasteiger partial charge in [-0.1, -0.05) is 26.8 Å². The number of hydrogen-bond acceptors (Lipinski definition) is 5. The fourth-order valence-electron chi connectivity index (χ4n) is 2.66. The monoisotopic (exact) mass is 344 g/mol. The molecule has 0 bridgehead atoms. The molecule has 1 saturated heterocycles. The van der Waals surface area contributed by atoms with Gasteiger partial charge in [0, 0.05) is 31.3 Å². The molecule has 0 aliphatic carbocycles. The number of carbonyl (C=O) groups excluding carboxylic acids is 1. The second kappa shape index (κ2) is 7.68. The van der Waals surface area contributed by atoms with Gasteiger partial charge in [-0.25, -0.2) is 4.98 Å². The fourth-order valence-corrected chi connectivity index (χ4v) is 2.66. The van der Waals surface area contributed by atoms with Crippen LogP contribution < -0.4 is 10.2 Å².